The van der Waals surface area contributed by atoms with E-state index in [2.05, 4.69) is 22.0 Å². The number of nitrogens with one attached hydrogen (secondary N) is 1. The van der Waals surface area contributed by atoms with Gasteiger partial charge >= 0.3 is 0 Å². The van der Waals surface area contributed by atoms with E-state index in [1.165, 1.54) is 12.1 Å². The molecule has 5 rings (SSSR count). The van der Waals surface area contributed by atoms with Crippen molar-refractivity contribution in [2.75, 3.05) is 31.1 Å². The highest BCUT2D eigenvalue weighted by Gasteiger charge is 2.27. The smallest absolute Gasteiger partial charge is 0.272 e. The zero-order chi connectivity index (χ0) is 22.9. The summed E-state index contributed by atoms with van der Waals surface area (Å²) in [5.41, 5.74) is 6.06. The summed E-state index contributed by atoms with van der Waals surface area (Å²) in [6.45, 7) is 6.79. The molecule has 0 spiro atoms. The largest absolute Gasteiger partial charge is 0.365 e. The average molecular weight is 445 g/mol. The number of H-pyrrole nitrogens is 1. The van der Waals surface area contributed by atoms with Gasteiger partial charge in [0, 0.05) is 31.7 Å². The van der Waals surface area contributed by atoms with Gasteiger partial charge in [-0.1, -0.05) is 18.2 Å². The van der Waals surface area contributed by atoms with Gasteiger partial charge in [0.05, 0.1) is 28.5 Å². The molecule has 2 aromatic carbocycles. The fraction of sp³-hybridized carbons (Fsp3) is 0.240. The van der Waals surface area contributed by atoms with E-state index in [0.29, 0.717) is 24.5 Å². The van der Waals surface area contributed by atoms with Crippen LogP contribution in [0.3, 0.4) is 0 Å². The van der Waals surface area contributed by atoms with Gasteiger partial charge in [-0.05, 0) is 56.3 Å². The molecule has 3 heterocycles. The van der Waals surface area contributed by atoms with Crippen molar-refractivity contribution in [3.63, 3.8) is 0 Å². The maximum atomic E-state index is 13.2. The molecule has 7 nitrogen and oxygen atoms in total. The minimum Gasteiger partial charge on any atom is -0.365 e. The molecule has 1 amide bonds. The summed E-state index contributed by atoms with van der Waals surface area (Å²) >= 11 is 0. The highest BCUT2D eigenvalue weighted by Crippen LogP contribution is 2.28. The van der Waals surface area contributed by atoms with Gasteiger partial charge < -0.3 is 9.80 Å². The Bertz CT molecular complexity index is 1270. The maximum Gasteiger partial charge on any atom is 0.272 e. The van der Waals surface area contributed by atoms with E-state index >= 15 is 0 Å². The van der Waals surface area contributed by atoms with Gasteiger partial charge in [-0.2, -0.15) is 10.2 Å². The van der Waals surface area contributed by atoms with Crippen molar-refractivity contribution in [1.29, 1.82) is 0 Å². The number of aromatic amines is 1. The van der Waals surface area contributed by atoms with Crippen LogP contribution in [0, 0.1) is 19.7 Å². The van der Waals surface area contributed by atoms with Gasteiger partial charge in [0.25, 0.3) is 5.91 Å². The van der Waals surface area contributed by atoms with E-state index < -0.39 is 0 Å². The molecule has 2 aromatic heterocycles. The van der Waals surface area contributed by atoms with Crippen LogP contribution in [-0.4, -0.2) is 57.0 Å². The number of para-hydroxylation sites is 1. The van der Waals surface area contributed by atoms with Crippen molar-refractivity contribution >= 4 is 11.6 Å². The van der Waals surface area contributed by atoms with Crippen LogP contribution in [0.15, 0.2) is 60.7 Å². The SMILES string of the molecule is Cc1nn(-c2ccccc2)c(C)c1N1CCN(C(=O)c2cc(-c3ccc(F)cc3)n[nH]2)CC1. The molecule has 1 fully saturated rings. The number of aryl methyl sites for hydroxylation is 1. The highest BCUT2D eigenvalue weighted by molar-refractivity contribution is 5.93. The normalized spacial score (nSPS) is 14.0. The fourth-order valence-corrected chi connectivity index (χ4v) is 4.42. The molecular weight excluding hydrogens is 419 g/mol. The molecule has 1 aliphatic heterocycles. The molecule has 0 radical (unpaired) electrons. The summed E-state index contributed by atoms with van der Waals surface area (Å²) < 4.78 is 15.1. The molecule has 8 heteroatoms. The fourth-order valence-electron chi connectivity index (χ4n) is 4.42. The molecular formula is C25H25FN6O. The van der Waals surface area contributed by atoms with Crippen molar-refractivity contribution in [3.8, 4) is 16.9 Å². The Kier molecular flexibility index (Phi) is 5.42. The minimum atomic E-state index is -0.303. The van der Waals surface area contributed by atoms with E-state index in [1.54, 1.807) is 18.2 Å². The number of anilines is 1. The molecule has 0 atom stereocenters. The quantitative estimate of drug-likeness (QED) is 0.517. The Hall–Kier alpha value is -3.94. The van der Waals surface area contributed by atoms with E-state index in [-0.39, 0.29) is 11.7 Å². The zero-order valence-corrected chi connectivity index (χ0v) is 18.6. The van der Waals surface area contributed by atoms with E-state index in [4.69, 9.17) is 5.10 Å². The number of carbonyl (C=O) groups excluding carboxylic acids is 1. The van der Waals surface area contributed by atoms with E-state index in [9.17, 15) is 9.18 Å². The third-order valence-electron chi connectivity index (χ3n) is 6.09. The van der Waals surface area contributed by atoms with Crippen molar-refractivity contribution in [2.45, 2.75) is 13.8 Å². The number of aromatic nitrogens is 4. The first-order valence-electron chi connectivity index (χ1n) is 11.0. The monoisotopic (exact) mass is 444 g/mol. The Morgan fingerprint density at radius 1 is 0.970 bits per heavy atom. The topological polar surface area (TPSA) is 70.1 Å². The number of halogens is 1. The van der Waals surface area contributed by atoms with Gasteiger partial charge in [-0.25, -0.2) is 9.07 Å². The first kappa shape index (κ1) is 20.9. The standard InChI is InChI=1S/C25H25FN6O/c1-17-24(18(2)32(29-17)21-6-4-3-5-7-21)30-12-14-31(15-13-30)25(33)23-16-22(27-28-23)19-8-10-20(26)11-9-19/h3-11,16H,12-15H2,1-2H3,(H,27,28). The number of hydrogen-bond acceptors (Lipinski definition) is 4. The van der Waals surface area contributed by atoms with Crippen molar-refractivity contribution in [3.05, 3.63) is 83.6 Å². The van der Waals surface area contributed by atoms with Gasteiger partial charge in [0.2, 0.25) is 0 Å². The Balaban J connectivity index is 1.28. The van der Waals surface area contributed by atoms with Gasteiger partial charge in [0.15, 0.2) is 0 Å². The molecule has 0 saturated carbocycles. The zero-order valence-electron chi connectivity index (χ0n) is 18.6. The lowest BCUT2D eigenvalue weighted by Crippen LogP contribution is -2.49. The molecule has 1 saturated heterocycles. The molecule has 1 aliphatic rings. The second kappa shape index (κ2) is 8.54. The number of benzene rings is 2. The summed E-state index contributed by atoms with van der Waals surface area (Å²) in [4.78, 5) is 17.2. The molecule has 1 N–H and O–H groups in total. The molecule has 0 unspecified atom stereocenters. The van der Waals surface area contributed by atoms with Crippen LogP contribution < -0.4 is 4.90 Å². The number of piperazine rings is 1. The Morgan fingerprint density at radius 2 is 1.67 bits per heavy atom. The number of amides is 1. The van der Waals surface area contributed by atoms with Crippen LogP contribution in [0.4, 0.5) is 10.1 Å². The van der Waals surface area contributed by atoms with Crippen LogP contribution in [0.2, 0.25) is 0 Å². The van der Waals surface area contributed by atoms with Crippen molar-refractivity contribution in [1.82, 2.24) is 24.9 Å². The first-order valence-corrected chi connectivity index (χ1v) is 11.0. The van der Waals surface area contributed by atoms with E-state index in [1.807, 2.05) is 46.8 Å². The second-order valence-electron chi connectivity index (χ2n) is 8.22. The predicted octanol–water partition coefficient (Wildman–Crippen LogP) is 3.98. The first-order chi connectivity index (χ1) is 16.0. The van der Waals surface area contributed by atoms with Crippen LogP contribution in [0.5, 0.6) is 0 Å². The summed E-state index contributed by atoms with van der Waals surface area (Å²) in [7, 11) is 0. The lowest BCUT2D eigenvalue weighted by molar-refractivity contribution is 0.0741. The summed E-state index contributed by atoms with van der Waals surface area (Å²) in [5.74, 6) is -0.382. The molecule has 0 aliphatic carbocycles. The second-order valence-corrected chi connectivity index (χ2v) is 8.22. The van der Waals surface area contributed by atoms with Crippen LogP contribution >= 0.6 is 0 Å². The molecule has 33 heavy (non-hydrogen) atoms. The predicted molar refractivity (Wildman–Crippen MR) is 125 cm³/mol. The summed E-state index contributed by atoms with van der Waals surface area (Å²) in [6, 6.07) is 17.9. The molecule has 4 aromatic rings. The Morgan fingerprint density at radius 3 is 2.36 bits per heavy atom. The summed E-state index contributed by atoms with van der Waals surface area (Å²) in [6.07, 6.45) is 0. The third kappa shape index (κ3) is 4.00. The van der Waals surface area contributed by atoms with Crippen molar-refractivity contribution < 1.29 is 9.18 Å². The highest BCUT2D eigenvalue weighted by atomic mass is 19.1. The number of rotatable bonds is 4. The third-order valence-corrected chi connectivity index (χ3v) is 6.09. The summed E-state index contributed by atoms with van der Waals surface area (Å²) in [5, 5.41) is 11.8. The van der Waals surface area contributed by atoms with Crippen molar-refractivity contribution in [2.24, 2.45) is 0 Å². The van der Waals surface area contributed by atoms with Crippen LogP contribution in [0.25, 0.3) is 16.9 Å². The lowest BCUT2D eigenvalue weighted by Gasteiger charge is -2.36. The van der Waals surface area contributed by atoms with Crippen LogP contribution in [-0.2, 0) is 0 Å². The van der Waals surface area contributed by atoms with Crippen LogP contribution in [0.1, 0.15) is 21.9 Å². The van der Waals surface area contributed by atoms with Gasteiger partial charge in [-0.3, -0.25) is 9.89 Å². The average Bonchev–Trinajstić information content (AvgIpc) is 3.45. The number of carbonyl (C=O) groups is 1. The van der Waals surface area contributed by atoms with Gasteiger partial charge in [-0.15, -0.1) is 0 Å². The number of hydrogen-bond donors (Lipinski definition) is 1. The van der Waals surface area contributed by atoms with E-state index in [0.717, 1.165) is 41.4 Å². The molecule has 168 valence electrons. The van der Waals surface area contributed by atoms with Gasteiger partial charge in [0.1, 0.15) is 11.5 Å². The lowest BCUT2D eigenvalue weighted by atomic mass is 10.1. The minimum absolute atomic E-state index is 0.0797. The maximum absolute atomic E-state index is 13.2. The Labute approximate surface area is 191 Å². The molecule has 0 bridgehead atoms. The number of nitrogens with zero attached hydrogens (tertiary/aromatic N) is 5.